The fourth-order valence-corrected chi connectivity index (χ4v) is 2.15. The van der Waals surface area contributed by atoms with Crippen molar-refractivity contribution in [2.45, 2.75) is 27.2 Å². The van der Waals surface area contributed by atoms with Crippen molar-refractivity contribution < 1.29 is 9.47 Å². The van der Waals surface area contributed by atoms with Gasteiger partial charge in [0, 0.05) is 0 Å². The predicted octanol–water partition coefficient (Wildman–Crippen LogP) is 2.76. The molecule has 0 atom stereocenters. The minimum atomic E-state index is -0.327. The maximum atomic E-state index is 11.5. The van der Waals surface area contributed by atoms with E-state index in [1.807, 2.05) is 13.8 Å². The van der Waals surface area contributed by atoms with E-state index in [0.717, 1.165) is 6.42 Å². The van der Waals surface area contributed by atoms with Crippen molar-refractivity contribution in [2.75, 3.05) is 18.6 Å². The Morgan fingerprint density at radius 1 is 1.32 bits per heavy atom. The van der Waals surface area contributed by atoms with E-state index in [9.17, 15) is 4.79 Å². The highest BCUT2D eigenvalue weighted by atomic mass is 35.5. The van der Waals surface area contributed by atoms with Crippen molar-refractivity contribution in [1.29, 1.82) is 0 Å². The van der Waals surface area contributed by atoms with Gasteiger partial charge in [-0.2, -0.15) is 5.10 Å². The normalized spacial score (nSPS) is 10.9. The van der Waals surface area contributed by atoms with Crippen LogP contribution in [0.15, 0.2) is 22.0 Å². The first-order valence-corrected chi connectivity index (χ1v) is 8.24. The third kappa shape index (κ3) is 5.18. The first kappa shape index (κ1) is 18.7. The van der Waals surface area contributed by atoms with Gasteiger partial charge in [0.05, 0.1) is 24.5 Å². The molecule has 0 unspecified atom stereocenters. The number of hydrazone groups is 1. The van der Waals surface area contributed by atoms with E-state index >= 15 is 0 Å². The maximum absolute atomic E-state index is 11.5. The molecule has 0 saturated carbocycles. The molecule has 0 bridgehead atoms. The number of hydrogen-bond acceptors (Lipinski definition) is 7. The Bertz CT molecular complexity index is 807. The summed E-state index contributed by atoms with van der Waals surface area (Å²) in [6, 6.07) is 3.49. The van der Waals surface area contributed by atoms with Gasteiger partial charge in [0.15, 0.2) is 11.5 Å². The SMILES string of the molecule is CCCOc1c(Cl)cc(/C=N\Nc2nnc(C)c(=O)[nH]2)cc1OCC. The van der Waals surface area contributed by atoms with E-state index in [4.69, 9.17) is 21.1 Å². The zero-order valence-electron chi connectivity index (χ0n) is 14.3. The Hall–Kier alpha value is -2.61. The summed E-state index contributed by atoms with van der Waals surface area (Å²) in [6.45, 7) is 6.50. The number of hydrogen-bond donors (Lipinski definition) is 2. The van der Waals surface area contributed by atoms with E-state index in [2.05, 4.69) is 25.7 Å². The highest BCUT2D eigenvalue weighted by Gasteiger charge is 2.12. The van der Waals surface area contributed by atoms with Crippen LogP contribution in [0.2, 0.25) is 5.02 Å². The lowest BCUT2D eigenvalue weighted by Crippen LogP contribution is -2.15. The van der Waals surface area contributed by atoms with Crippen LogP contribution in [0.4, 0.5) is 5.95 Å². The van der Waals surface area contributed by atoms with Gasteiger partial charge in [-0.3, -0.25) is 9.78 Å². The third-order valence-electron chi connectivity index (χ3n) is 3.03. The largest absolute Gasteiger partial charge is 0.490 e. The Balaban J connectivity index is 2.17. The molecule has 134 valence electrons. The van der Waals surface area contributed by atoms with Crippen LogP contribution < -0.4 is 20.5 Å². The standard InChI is InChI=1S/C16H20ClN5O3/c1-4-6-25-14-12(17)7-11(8-13(14)24-5-2)9-18-21-16-19-15(23)10(3)20-22-16/h7-9H,4-6H2,1-3H3,(H2,19,21,22,23)/b18-9-. The van der Waals surface area contributed by atoms with E-state index in [1.165, 1.54) is 6.21 Å². The zero-order valence-corrected chi connectivity index (χ0v) is 15.1. The predicted molar refractivity (Wildman–Crippen MR) is 97.0 cm³/mol. The Kier molecular flexibility index (Phi) is 6.76. The molecule has 2 rings (SSSR count). The van der Waals surface area contributed by atoms with Crippen LogP contribution in [0.5, 0.6) is 11.5 Å². The van der Waals surface area contributed by atoms with Gasteiger partial charge in [-0.25, -0.2) is 5.43 Å². The molecule has 0 saturated heterocycles. The summed E-state index contributed by atoms with van der Waals surface area (Å²) in [5, 5.41) is 11.9. The number of aromatic amines is 1. The quantitative estimate of drug-likeness (QED) is 0.551. The number of aromatic nitrogens is 3. The molecule has 2 N–H and O–H groups in total. The van der Waals surface area contributed by atoms with Crippen LogP contribution in [0.25, 0.3) is 0 Å². The fraction of sp³-hybridized carbons (Fsp3) is 0.375. The summed E-state index contributed by atoms with van der Waals surface area (Å²) in [7, 11) is 0. The van der Waals surface area contributed by atoms with Crippen LogP contribution in [0.3, 0.4) is 0 Å². The number of H-pyrrole nitrogens is 1. The monoisotopic (exact) mass is 365 g/mol. The van der Waals surface area contributed by atoms with Gasteiger partial charge in [0.2, 0.25) is 5.95 Å². The van der Waals surface area contributed by atoms with Gasteiger partial charge in [0.1, 0.15) is 5.69 Å². The number of nitrogens with zero attached hydrogens (tertiary/aromatic N) is 3. The summed E-state index contributed by atoms with van der Waals surface area (Å²) < 4.78 is 11.2. The van der Waals surface area contributed by atoms with Gasteiger partial charge in [-0.1, -0.05) is 18.5 Å². The Morgan fingerprint density at radius 3 is 2.80 bits per heavy atom. The summed E-state index contributed by atoms with van der Waals surface area (Å²) >= 11 is 6.28. The lowest BCUT2D eigenvalue weighted by Gasteiger charge is -2.13. The number of ether oxygens (including phenoxy) is 2. The van der Waals surface area contributed by atoms with Crippen molar-refractivity contribution in [3.05, 3.63) is 38.8 Å². The number of aryl methyl sites for hydroxylation is 1. The fourth-order valence-electron chi connectivity index (χ4n) is 1.88. The molecule has 8 nitrogen and oxygen atoms in total. The molecule has 0 aliphatic heterocycles. The second-order valence-corrected chi connectivity index (χ2v) is 5.48. The van der Waals surface area contributed by atoms with Crippen molar-refractivity contribution >= 4 is 23.8 Å². The molecule has 25 heavy (non-hydrogen) atoms. The highest BCUT2D eigenvalue weighted by Crippen LogP contribution is 2.36. The third-order valence-corrected chi connectivity index (χ3v) is 3.31. The summed E-state index contributed by atoms with van der Waals surface area (Å²) in [5.74, 6) is 1.21. The lowest BCUT2D eigenvalue weighted by molar-refractivity contribution is 0.277. The topological polar surface area (TPSA) is 101 Å². The van der Waals surface area contributed by atoms with Crippen molar-refractivity contribution in [1.82, 2.24) is 15.2 Å². The van der Waals surface area contributed by atoms with Crippen LogP contribution in [-0.4, -0.2) is 34.6 Å². The highest BCUT2D eigenvalue weighted by molar-refractivity contribution is 6.32. The minimum Gasteiger partial charge on any atom is -0.490 e. The summed E-state index contributed by atoms with van der Waals surface area (Å²) in [5.41, 5.74) is 3.26. The molecule has 0 spiro atoms. The van der Waals surface area contributed by atoms with Gasteiger partial charge in [0.25, 0.3) is 5.56 Å². The van der Waals surface area contributed by atoms with Crippen molar-refractivity contribution in [3.8, 4) is 11.5 Å². The molecule has 0 fully saturated rings. The molecule has 9 heteroatoms. The molecule has 0 aliphatic carbocycles. The van der Waals surface area contributed by atoms with Gasteiger partial charge < -0.3 is 9.47 Å². The maximum Gasteiger partial charge on any atom is 0.274 e. The summed E-state index contributed by atoms with van der Waals surface area (Å²) in [4.78, 5) is 14.0. The Labute approximate surface area is 150 Å². The lowest BCUT2D eigenvalue weighted by atomic mass is 10.2. The number of benzene rings is 1. The number of anilines is 1. The van der Waals surface area contributed by atoms with E-state index in [1.54, 1.807) is 19.1 Å². The number of halogens is 1. The summed E-state index contributed by atoms with van der Waals surface area (Å²) in [6.07, 6.45) is 2.39. The molecule has 0 radical (unpaired) electrons. The second-order valence-electron chi connectivity index (χ2n) is 5.07. The van der Waals surface area contributed by atoms with Gasteiger partial charge in [-0.05, 0) is 38.0 Å². The van der Waals surface area contributed by atoms with E-state index in [-0.39, 0.29) is 17.2 Å². The smallest absolute Gasteiger partial charge is 0.274 e. The second kappa shape index (κ2) is 9.03. The molecular weight excluding hydrogens is 346 g/mol. The molecule has 1 aromatic carbocycles. The van der Waals surface area contributed by atoms with E-state index in [0.29, 0.717) is 35.3 Å². The molecular formula is C16H20ClN5O3. The first-order chi connectivity index (χ1) is 12.0. The van der Waals surface area contributed by atoms with Crippen molar-refractivity contribution in [2.24, 2.45) is 5.10 Å². The van der Waals surface area contributed by atoms with Crippen LogP contribution in [0, 0.1) is 6.92 Å². The molecule has 1 heterocycles. The van der Waals surface area contributed by atoms with E-state index < -0.39 is 0 Å². The zero-order chi connectivity index (χ0) is 18.2. The van der Waals surface area contributed by atoms with Gasteiger partial charge in [-0.15, -0.1) is 10.2 Å². The van der Waals surface area contributed by atoms with Crippen LogP contribution >= 0.6 is 11.6 Å². The molecule has 0 amide bonds. The number of rotatable bonds is 8. The average Bonchev–Trinajstić information content (AvgIpc) is 2.58. The average molecular weight is 366 g/mol. The molecule has 2 aromatic rings. The van der Waals surface area contributed by atoms with Crippen LogP contribution in [-0.2, 0) is 0 Å². The minimum absolute atomic E-state index is 0.144. The number of nitrogens with one attached hydrogen (secondary N) is 2. The van der Waals surface area contributed by atoms with Crippen molar-refractivity contribution in [3.63, 3.8) is 0 Å². The molecule has 1 aromatic heterocycles. The van der Waals surface area contributed by atoms with Crippen LogP contribution in [0.1, 0.15) is 31.5 Å². The Morgan fingerprint density at radius 2 is 2.12 bits per heavy atom. The molecule has 0 aliphatic rings. The van der Waals surface area contributed by atoms with Gasteiger partial charge >= 0.3 is 0 Å². The first-order valence-electron chi connectivity index (χ1n) is 7.87.